The van der Waals surface area contributed by atoms with E-state index in [9.17, 15) is 4.79 Å². The number of benzene rings is 1. The highest BCUT2D eigenvalue weighted by atomic mass is 16.1. The SMILES string of the molecule is CC(C)c1ccc2c(c1)N=CC(=O)C2. The van der Waals surface area contributed by atoms with Crippen LogP contribution in [-0.4, -0.2) is 12.0 Å². The Morgan fingerprint density at radius 3 is 2.86 bits per heavy atom. The molecule has 0 aliphatic carbocycles. The van der Waals surface area contributed by atoms with Crippen LogP contribution in [0.1, 0.15) is 30.9 Å². The van der Waals surface area contributed by atoms with Crippen molar-refractivity contribution in [3.05, 3.63) is 29.3 Å². The van der Waals surface area contributed by atoms with Gasteiger partial charge in [-0.05, 0) is 23.1 Å². The maximum Gasteiger partial charge on any atom is 0.178 e. The fourth-order valence-electron chi connectivity index (χ4n) is 1.58. The van der Waals surface area contributed by atoms with Crippen LogP contribution in [-0.2, 0) is 11.2 Å². The van der Waals surface area contributed by atoms with E-state index in [0.29, 0.717) is 12.3 Å². The first-order valence-corrected chi connectivity index (χ1v) is 4.86. The van der Waals surface area contributed by atoms with Crippen molar-refractivity contribution >= 4 is 17.7 Å². The molecule has 1 heterocycles. The summed E-state index contributed by atoms with van der Waals surface area (Å²) in [5, 5.41) is 0. The molecule has 14 heavy (non-hydrogen) atoms. The number of ketones is 1. The van der Waals surface area contributed by atoms with E-state index in [2.05, 4.69) is 31.0 Å². The number of carbonyl (C=O) groups is 1. The van der Waals surface area contributed by atoms with E-state index in [1.807, 2.05) is 6.07 Å². The minimum Gasteiger partial charge on any atom is -0.293 e. The van der Waals surface area contributed by atoms with Crippen LogP contribution in [0.25, 0.3) is 0 Å². The molecule has 0 N–H and O–H groups in total. The molecule has 0 fully saturated rings. The Kier molecular flexibility index (Phi) is 2.20. The molecular weight excluding hydrogens is 174 g/mol. The van der Waals surface area contributed by atoms with Gasteiger partial charge in [0.05, 0.1) is 11.9 Å². The molecule has 72 valence electrons. The third-order valence-electron chi connectivity index (χ3n) is 2.49. The van der Waals surface area contributed by atoms with Crippen LogP contribution in [0.2, 0.25) is 0 Å². The normalized spacial score (nSPS) is 14.6. The number of aliphatic imine (C=N–C) groups is 1. The van der Waals surface area contributed by atoms with Gasteiger partial charge in [-0.2, -0.15) is 0 Å². The van der Waals surface area contributed by atoms with Crippen molar-refractivity contribution in [1.82, 2.24) is 0 Å². The van der Waals surface area contributed by atoms with Crippen molar-refractivity contribution < 1.29 is 4.79 Å². The van der Waals surface area contributed by atoms with Crippen LogP contribution >= 0.6 is 0 Å². The zero-order chi connectivity index (χ0) is 10.1. The van der Waals surface area contributed by atoms with Crippen LogP contribution in [0, 0.1) is 0 Å². The van der Waals surface area contributed by atoms with Crippen molar-refractivity contribution in [2.75, 3.05) is 0 Å². The maximum absolute atomic E-state index is 11.1. The smallest absolute Gasteiger partial charge is 0.178 e. The van der Waals surface area contributed by atoms with Gasteiger partial charge in [-0.25, -0.2) is 0 Å². The molecule has 0 amide bonds. The first-order valence-electron chi connectivity index (χ1n) is 4.86. The Morgan fingerprint density at radius 2 is 2.14 bits per heavy atom. The Balaban J connectivity index is 2.44. The summed E-state index contributed by atoms with van der Waals surface area (Å²) in [6.07, 6.45) is 1.92. The molecule has 0 unspecified atom stereocenters. The third kappa shape index (κ3) is 1.60. The van der Waals surface area contributed by atoms with Gasteiger partial charge in [-0.1, -0.05) is 26.0 Å². The Labute approximate surface area is 83.7 Å². The number of carbonyl (C=O) groups excluding carboxylic acids is 1. The summed E-state index contributed by atoms with van der Waals surface area (Å²) in [5.74, 6) is 0.600. The number of hydrogen-bond acceptors (Lipinski definition) is 2. The molecule has 1 aromatic carbocycles. The number of nitrogens with zero attached hydrogens (tertiary/aromatic N) is 1. The van der Waals surface area contributed by atoms with Crippen LogP contribution in [0.4, 0.5) is 5.69 Å². The molecule has 1 aromatic rings. The minimum atomic E-state index is 0.0924. The summed E-state index contributed by atoms with van der Waals surface area (Å²) >= 11 is 0. The van der Waals surface area contributed by atoms with Gasteiger partial charge in [-0.3, -0.25) is 9.79 Å². The molecule has 2 heteroatoms. The van der Waals surface area contributed by atoms with E-state index < -0.39 is 0 Å². The standard InChI is InChI=1S/C12H13NO/c1-8(2)9-3-4-10-5-11(14)7-13-12(10)6-9/h3-4,6-8H,5H2,1-2H3. The Hall–Kier alpha value is -1.44. The van der Waals surface area contributed by atoms with Gasteiger partial charge in [0.25, 0.3) is 0 Å². The number of Topliss-reactive ketones (excluding diaryl/α,β-unsaturated/α-hetero) is 1. The summed E-state index contributed by atoms with van der Waals surface area (Å²) in [6.45, 7) is 4.30. The lowest BCUT2D eigenvalue weighted by Gasteiger charge is -2.12. The predicted molar refractivity (Wildman–Crippen MR) is 57.4 cm³/mol. The molecule has 0 aromatic heterocycles. The first-order chi connectivity index (χ1) is 6.66. The second-order valence-corrected chi connectivity index (χ2v) is 3.94. The summed E-state index contributed by atoms with van der Waals surface area (Å²) in [7, 11) is 0. The van der Waals surface area contributed by atoms with Crippen molar-refractivity contribution in [3.63, 3.8) is 0 Å². The molecule has 1 aliphatic heterocycles. The van der Waals surface area contributed by atoms with Crippen molar-refractivity contribution in [3.8, 4) is 0 Å². The molecule has 2 rings (SSSR count). The zero-order valence-corrected chi connectivity index (χ0v) is 8.45. The largest absolute Gasteiger partial charge is 0.293 e. The van der Waals surface area contributed by atoms with Gasteiger partial charge in [-0.15, -0.1) is 0 Å². The molecule has 2 nitrogen and oxygen atoms in total. The molecule has 0 radical (unpaired) electrons. The molecule has 0 spiro atoms. The second kappa shape index (κ2) is 3.37. The van der Waals surface area contributed by atoms with Crippen LogP contribution in [0.5, 0.6) is 0 Å². The zero-order valence-electron chi connectivity index (χ0n) is 8.45. The average Bonchev–Trinajstić information content (AvgIpc) is 2.16. The van der Waals surface area contributed by atoms with Crippen LogP contribution in [0.15, 0.2) is 23.2 Å². The summed E-state index contributed by atoms with van der Waals surface area (Å²) < 4.78 is 0. The lowest BCUT2D eigenvalue weighted by Crippen LogP contribution is -2.08. The van der Waals surface area contributed by atoms with E-state index in [0.717, 1.165) is 11.3 Å². The van der Waals surface area contributed by atoms with Crippen LogP contribution < -0.4 is 0 Å². The number of fused-ring (bicyclic) bond motifs is 1. The fraction of sp³-hybridized carbons (Fsp3) is 0.333. The molecule has 0 saturated heterocycles. The van der Waals surface area contributed by atoms with Crippen molar-refractivity contribution in [2.45, 2.75) is 26.2 Å². The summed E-state index contributed by atoms with van der Waals surface area (Å²) in [5.41, 5.74) is 3.27. The minimum absolute atomic E-state index is 0.0924. The molecule has 0 atom stereocenters. The monoisotopic (exact) mass is 187 g/mol. The Bertz CT molecular complexity index is 405. The molecular formula is C12H13NO. The second-order valence-electron chi connectivity index (χ2n) is 3.94. The van der Waals surface area contributed by atoms with E-state index in [-0.39, 0.29) is 5.78 Å². The third-order valence-corrected chi connectivity index (χ3v) is 2.49. The van der Waals surface area contributed by atoms with Gasteiger partial charge in [0.2, 0.25) is 0 Å². The highest BCUT2D eigenvalue weighted by Gasteiger charge is 2.12. The number of rotatable bonds is 1. The van der Waals surface area contributed by atoms with E-state index >= 15 is 0 Å². The van der Waals surface area contributed by atoms with Crippen LogP contribution in [0.3, 0.4) is 0 Å². The van der Waals surface area contributed by atoms with Gasteiger partial charge in [0, 0.05) is 6.42 Å². The average molecular weight is 187 g/mol. The lowest BCUT2D eigenvalue weighted by atomic mass is 9.97. The highest BCUT2D eigenvalue weighted by Crippen LogP contribution is 2.27. The lowest BCUT2D eigenvalue weighted by molar-refractivity contribution is -0.112. The summed E-state index contributed by atoms with van der Waals surface area (Å²) in [6, 6.07) is 6.17. The summed E-state index contributed by atoms with van der Waals surface area (Å²) in [4.78, 5) is 15.2. The van der Waals surface area contributed by atoms with Gasteiger partial charge < -0.3 is 0 Å². The molecule has 1 aliphatic rings. The topological polar surface area (TPSA) is 29.4 Å². The van der Waals surface area contributed by atoms with Gasteiger partial charge >= 0.3 is 0 Å². The fourth-order valence-corrected chi connectivity index (χ4v) is 1.58. The van der Waals surface area contributed by atoms with E-state index in [1.54, 1.807) is 0 Å². The molecule has 0 bridgehead atoms. The quantitative estimate of drug-likeness (QED) is 0.664. The number of hydrogen-bond donors (Lipinski definition) is 0. The maximum atomic E-state index is 11.1. The van der Waals surface area contributed by atoms with Gasteiger partial charge in [0.1, 0.15) is 0 Å². The first kappa shape index (κ1) is 9.13. The molecule has 0 saturated carbocycles. The Morgan fingerprint density at radius 1 is 1.36 bits per heavy atom. The van der Waals surface area contributed by atoms with Gasteiger partial charge in [0.15, 0.2) is 5.78 Å². The van der Waals surface area contributed by atoms with E-state index in [4.69, 9.17) is 0 Å². The predicted octanol–water partition coefficient (Wildman–Crippen LogP) is 2.64. The highest BCUT2D eigenvalue weighted by molar-refractivity contribution is 6.29. The van der Waals surface area contributed by atoms with Crippen molar-refractivity contribution in [1.29, 1.82) is 0 Å². The van der Waals surface area contributed by atoms with Crippen molar-refractivity contribution in [2.24, 2.45) is 4.99 Å². The van der Waals surface area contributed by atoms with E-state index in [1.165, 1.54) is 11.8 Å².